The first-order valence-electron chi connectivity index (χ1n) is 5.33. The minimum absolute atomic E-state index is 0.778. The Hall–Kier alpha value is -1.84. The van der Waals surface area contributed by atoms with Gasteiger partial charge in [-0.05, 0) is 32.4 Å². The fourth-order valence-electron chi connectivity index (χ4n) is 1.67. The van der Waals surface area contributed by atoms with E-state index in [-0.39, 0.29) is 0 Å². The molecular formula is C12H16N4. The van der Waals surface area contributed by atoms with Crippen molar-refractivity contribution in [2.75, 3.05) is 5.32 Å². The molecule has 2 N–H and O–H groups in total. The molecular weight excluding hydrogens is 200 g/mol. The first-order valence-corrected chi connectivity index (χ1v) is 5.33. The molecule has 0 spiro atoms. The Labute approximate surface area is 95.1 Å². The molecule has 16 heavy (non-hydrogen) atoms. The molecule has 0 saturated carbocycles. The van der Waals surface area contributed by atoms with Crippen LogP contribution in [0.25, 0.3) is 0 Å². The zero-order chi connectivity index (χ0) is 11.5. The monoisotopic (exact) mass is 216 g/mol. The molecule has 4 heteroatoms. The summed E-state index contributed by atoms with van der Waals surface area (Å²) in [6.07, 6.45) is 3.65. The van der Waals surface area contributed by atoms with Gasteiger partial charge in [0.2, 0.25) is 0 Å². The first kappa shape index (κ1) is 10.7. The van der Waals surface area contributed by atoms with E-state index >= 15 is 0 Å². The van der Waals surface area contributed by atoms with Crippen LogP contribution in [0, 0.1) is 20.8 Å². The van der Waals surface area contributed by atoms with Crippen molar-refractivity contribution in [3.8, 4) is 0 Å². The molecule has 0 aromatic carbocycles. The van der Waals surface area contributed by atoms with Gasteiger partial charge in [0.25, 0.3) is 0 Å². The lowest BCUT2D eigenvalue weighted by molar-refractivity contribution is 1.02. The third kappa shape index (κ3) is 2.05. The quantitative estimate of drug-likeness (QED) is 0.828. The molecule has 2 heterocycles. The summed E-state index contributed by atoms with van der Waals surface area (Å²) in [6.45, 7) is 6.89. The molecule has 2 aromatic rings. The maximum absolute atomic E-state index is 4.17. The summed E-state index contributed by atoms with van der Waals surface area (Å²) in [5, 5.41) is 10.5. The highest BCUT2D eigenvalue weighted by atomic mass is 15.1. The van der Waals surface area contributed by atoms with Gasteiger partial charge in [-0.15, -0.1) is 0 Å². The summed E-state index contributed by atoms with van der Waals surface area (Å²) in [5.74, 6) is 0. The Morgan fingerprint density at radius 1 is 1.31 bits per heavy atom. The van der Waals surface area contributed by atoms with E-state index in [1.54, 1.807) is 6.20 Å². The van der Waals surface area contributed by atoms with Crippen LogP contribution in [-0.2, 0) is 6.54 Å². The molecule has 0 saturated heterocycles. The van der Waals surface area contributed by atoms with Gasteiger partial charge in [0, 0.05) is 24.0 Å². The number of aryl methyl sites for hydroxylation is 3. The van der Waals surface area contributed by atoms with E-state index in [0.29, 0.717) is 0 Å². The summed E-state index contributed by atoms with van der Waals surface area (Å²) in [5.41, 5.74) is 5.66. The van der Waals surface area contributed by atoms with Crippen LogP contribution >= 0.6 is 0 Å². The molecule has 0 amide bonds. The third-order valence-corrected chi connectivity index (χ3v) is 2.78. The van der Waals surface area contributed by atoms with Crippen molar-refractivity contribution < 1.29 is 0 Å². The lowest BCUT2D eigenvalue weighted by Crippen LogP contribution is -2.03. The van der Waals surface area contributed by atoms with Crippen LogP contribution in [0.3, 0.4) is 0 Å². The Kier molecular flexibility index (Phi) is 2.90. The minimum Gasteiger partial charge on any atom is -0.379 e. The van der Waals surface area contributed by atoms with E-state index in [9.17, 15) is 0 Å². The highest BCUT2D eigenvalue weighted by Gasteiger charge is 2.06. The molecule has 0 unspecified atom stereocenters. The number of pyridine rings is 1. The van der Waals surface area contributed by atoms with Gasteiger partial charge in [-0.2, -0.15) is 5.10 Å². The van der Waals surface area contributed by atoms with E-state index in [1.807, 2.05) is 26.1 Å². The van der Waals surface area contributed by atoms with Crippen molar-refractivity contribution in [2.24, 2.45) is 0 Å². The largest absolute Gasteiger partial charge is 0.379 e. The van der Waals surface area contributed by atoms with Crippen LogP contribution in [0.5, 0.6) is 0 Å². The molecule has 4 nitrogen and oxygen atoms in total. The lowest BCUT2D eigenvalue weighted by Gasteiger charge is -2.08. The average Bonchev–Trinajstić information content (AvgIpc) is 2.58. The van der Waals surface area contributed by atoms with Crippen LogP contribution in [0.2, 0.25) is 0 Å². The van der Waals surface area contributed by atoms with E-state index in [2.05, 4.69) is 27.4 Å². The minimum atomic E-state index is 0.778. The van der Waals surface area contributed by atoms with E-state index < -0.39 is 0 Å². The van der Waals surface area contributed by atoms with Crippen molar-refractivity contribution in [3.63, 3.8) is 0 Å². The molecule has 0 fully saturated rings. The number of hydrogen-bond donors (Lipinski definition) is 2. The van der Waals surface area contributed by atoms with Crippen molar-refractivity contribution in [2.45, 2.75) is 27.3 Å². The van der Waals surface area contributed by atoms with Gasteiger partial charge in [-0.25, -0.2) is 0 Å². The zero-order valence-corrected chi connectivity index (χ0v) is 9.83. The predicted molar refractivity (Wildman–Crippen MR) is 64.4 cm³/mol. The van der Waals surface area contributed by atoms with E-state index in [0.717, 1.165) is 23.6 Å². The fraction of sp³-hybridized carbons (Fsp3) is 0.333. The highest BCUT2D eigenvalue weighted by Crippen LogP contribution is 2.15. The predicted octanol–water partition coefficient (Wildman–Crippen LogP) is 2.34. The van der Waals surface area contributed by atoms with Crippen molar-refractivity contribution in [1.82, 2.24) is 15.2 Å². The molecule has 0 atom stereocenters. The zero-order valence-electron chi connectivity index (χ0n) is 9.83. The second kappa shape index (κ2) is 4.35. The second-order valence-corrected chi connectivity index (χ2v) is 3.96. The SMILES string of the molecule is Cc1ccncc1NCc1c(C)n[nH]c1C. The van der Waals surface area contributed by atoms with E-state index in [1.165, 1.54) is 11.1 Å². The summed E-state index contributed by atoms with van der Waals surface area (Å²) in [4.78, 5) is 4.10. The molecule has 0 aliphatic rings. The Bertz CT molecular complexity index is 468. The molecule has 0 aliphatic carbocycles. The molecule has 84 valence electrons. The third-order valence-electron chi connectivity index (χ3n) is 2.78. The Morgan fingerprint density at radius 2 is 2.12 bits per heavy atom. The van der Waals surface area contributed by atoms with Gasteiger partial charge in [0.1, 0.15) is 0 Å². The maximum Gasteiger partial charge on any atom is 0.0643 e. The van der Waals surface area contributed by atoms with Crippen molar-refractivity contribution in [3.05, 3.63) is 41.0 Å². The molecule has 0 bridgehead atoms. The Morgan fingerprint density at radius 3 is 2.75 bits per heavy atom. The molecule has 2 aromatic heterocycles. The van der Waals surface area contributed by atoms with Crippen LogP contribution in [0.4, 0.5) is 5.69 Å². The topological polar surface area (TPSA) is 53.6 Å². The number of aromatic nitrogens is 3. The number of hydrogen-bond acceptors (Lipinski definition) is 3. The molecule has 2 rings (SSSR count). The standard InChI is InChI=1S/C12H16N4/c1-8-4-5-13-7-12(8)14-6-11-9(2)15-16-10(11)3/h4-5,7,14H,6H2,1-3H3,(H,15,16). The van der Waals surface area contributed by atoms with Crippen LogP contribution in [0.1, 0.15) is 22.5 Å². The summed E-state index contributed by atoms with van der Waals surface area (Å²) in [6, 6.07) is 2.00. The number of aromatic amines is 1. The maximum atomic E-state index is 4.17. The summed E-state index contributed by atoms with van der Waals surface area (Å²) >= 11 is 0. The fourth-order valence-corrected chi connectivity index (χ4v) is 1.67. The van der Waals surface area contributed by atoms with Crippen LogP contribution in [-0.4, -0.2) is 15.2 Å². The van der Waals surface area contributed by atoms with Gasteiger partial charge in [-0.3, -0.25) is 10.1 Å². The smallest absolute Gasteiger partial charge is 0.0643 e. The first-order chi connectivity index (χ1) is 7.68. The number of anilines is 1. The van der Waals surface area contributed by atoms with Crippen LogP contribution in [0.15, 0.2) is 18.5 Å². The average molecular weight is 216 g/mol. The van der Waals surface area contributed by atoms with Crippen molar-refractivity contribution in [1.29, 1.82) is 0 Å². The molecule has 0 aliphatic heterocycles. The molecule has 0 radical (unpaired) electrons. The summed E-state index contributed by atoms with van der Waals surface area (Å²) < 4.78 is 0. The number of nitrogens with zero attached hydrogens (tertiary/aromatic N) is 2. The van der Waals surface area contributed by atoms with Gasteiger partial charge < -0.3 is 5.32 Å². The van der Waals surface area contributed by atoms with Gasteiger partial charge in [0.05, 0.1) is 17.6 Å². The number of rotatable bonds is 3. The van der Waals surface area contributed by atoms with Gasteiger partial charge >= 0.3 is 0 Å². The van der Waals surface area contributed by atoms with Gasteiger partial charge in [-0.1, -0.05) is 0 Å². The lowest BCUT2D eigenvalue weighted by atomic mass is 10.2. The van der Waals surface area contributed by atoms with Crippen molar-refractivity contribution >= 4 is 5.69 Å². The highest BCUT2D eigenvalue weighted by molar-refractivity contribution is 5.48. The summed E-state index contributed by atoms with van der Waals surface area (Å²) in [7, 11) is 0. The number of H-pyrrole nitrogens is 1. The Balaban J connectivity index is 2.11. The van der Waals surface area contributed by atoms with Gasteiger partial charge in [0.15, 0.2) is 0 Å². The van der Waals surface area contributed by atoms with E-state index in [4.69, 9.17) is 0 Å². The number of nitrogens with one attached hydrogen (secondary N) is 2. The normalized spacial score (nSPS) is 10.4. The second-order valence-electron chi connectivity index (χ2n) is 3.96. The van der Waals surface area contributed by atoms with Crippen LogP contribution < -0.4 is 5.32 Å².